The summed E-state index contributed by atoms with van der Waals surface area (Å²) in [6, 6.07) is 28.7. The molecular weight excluding hydrogens is 452 g/mol. The van der Waals surface area contributed by atoms with E-state index >= 15 is 0 Å². The quantitative estimate of drug-likeness (QED) is 0.317. The summed E-state index contributed by atoms with van der Waals surface area (Å²) in [5, 5.41) is 2.26. The highest BCUT2D eigenvalue weighted by atomic mass is 79.9. The summed E-state index contributed by atoms with van der Waals surface area (Å²) in [7, 11) is 0. The predicted molar refractivity (Wildman–Crippen MR) is 118 cm³/mol. The van der Waals surface area contributed by atoms with Gasteiger partial charge in [0.25, 0.3) is 0 Å². The predicted octanol–water partition coefficient (Wildman–Crippen LogP) is 7.42. The van der Waals surface area contributed by atoms with Gasteiger partial charge in [0, 0.05) is 14.3 Å². The number of rotatable bonds is 3. The molecule has 0 bridgehead atoms. The van der Waals surface area contributed by atoms with Crippen LogP contribution >= 0.6 is 31.9 Å². The van der Waals surface area contributed by atoms with Gasteiger partial charge in [-0.25, -0.2) is 0 Å². The van der Waals surface area contributed by atoms with Crippen molar-refractivity contribution in [2.75, 3.05) is 10.6 Å². The molecule has 0 atom stereocenters. The van der Waals surface area contributed by atoms with Crippen LogP contribution in [0.1, 0.15) is 0 Å². The fourth-order valence-corrected chi connectivity index (χ4v) is 4.08. The van der Waals surface area contributed by atoms with Gasteiger partial charge in [0.1, 0.15) is 0 Å². The maximum atomic E-state index is 6.49. The molecule has 0 aliphatic heterocycles. The van der Waals surface area contributed by atoms with E-state index in [1.54, 1.807) is 0 Å². The minimum Gasteiger partial charge on any atom is -0.397 e. The minimum absolute atomic E-state index is 0.732. The molecule has 0 unspecified atom stereocenters. The maximum Gasteiger partial charge on any atom is 0.0770 e. The summed E-state index contributed by atoms with van der Waals surface area (Å²) in [4.78, 5) is 2.20. The Morgan fingerprint density at radius 1 is 0.615 bits per heavy atom. The standard InChI is InChI=1S/C22H16Br2N2/c23-17-9-3-5-11-20(17)26(21-12-6-4-10-18(21)24)22-16-8-2-1-7-15(16)13-14-19(22)25/h1-14H,25H2. The van der Waals surface area contributed by atoms with E-state index in [0.717, 1.165) is 42.5 Å². The van der Waals surface area contributed by atoms with Crippen LogP contribution in [0.15, 0.2) is 93.9 Å². The number of nitrogens with zero attached hydrogens (tertiary/aromatic N) is 1. The molecule has 0 aliphatic rings. The van der Waals surface area contributed by atoms with Crippen LogP contribution in [0.5, 0.6) is 0 Å². The van der Waals surface area contributed by atoms with Gasteiger partial charge in [-0.15, -0.1) is 0 Å². The van der Waals surface area contributed by atoms with Gasteiger partial charge < -0.3 is 10.6 Å². The number of hydrogen-bond donors (Lipinski definition) is 1. The van der Waals surface area contributed by atoms with Crippen molar-refractivity contribution < 1.29 is 0 Å². The molecule has 0 amide bonds. The summed E-state index contributed by atoms with van der Waals surface area (Å²) in [6.45, 7) is 0. The summed E-state index contributed by atoms with van der Waals surface area (Å²) in [6.07, 6.45) is 0. The number of hydrogen-bond acceptors (Lipinski definition) is 2. The molecule has 0 heterocycles. The number of para-hydroxylation sites is 2. The Bertz CT molecular complexity index is 1050. The second-order valence-corrected chi connectivity index (χ2v) is 7.67. The van der Waals surface area contributed by atoms with Crippen molar-refractivity contribution in [3.05, 3.63) is 93.9 Å². The normalized spacial score (nSPS) is 10.8. The Labute approximate surface area is 169 Å². The van der Waals surface area contributed by atoms with Crippen LogP contribution in [0, 0.1) is 0 Å². The highest BCUT2D eigenvalue weighted by Crippen LogP contribution is 2.46. The molecule has 0 fully saturated rings. The van der Waals surface area contributed by atoms with E-state index in [1.807, 2.05) is 54.6 Å². The van der Waals surface area contributed by atoms with Crippen LogP contribution in [0.2, 0.25) is 0 Å². The van der Waals surface area contributed by atoms with E-state index in [-0.39, 0.29) is 0 Å². The maximum absolute atomic E-state index is 6.49. The number of fused-ring (bicyclic) bond motifs is 1. The van der Waals surface area contributed by atoms with Gasteiger partial charge in [-0.05, 0) is 67.6 Å². The van der Waals surface area contributed by atoms with Crippen LogP contribution in [-0.4, -0.2) is 0 Å². The second kappa shape index (κ2) is 7.14. The molecule has 4 aromatic rings. The third-order valence-corrected chi connectivity index (χ3v) is 5.68. The lowest BCUT2D eigenvalue weighted by Gasteiger charge is -2.29. The van der Waals surface area contributed by atoms with Gasteiger partial charge in [-0.1, -0.05) is 54.6 Å². The molecule has 0 spiro atoms. The monoisotopic (exact) mass is 466 g/mol. The number of nitrogen functional groups attached to an aromatic ring is 1. The molecule has 0 saturated heterocycles. The van der Waals surface area contributed by atoms with Crippen molar-refractivity contribution in [2.45, 2.75) is 0 Å². The topological polar surface area (TPSA) is 29.3 Å². The smallest absolute Gasteiger partial charge is 0.0770 e. The Balaban J connectivity index is 2.09. The first-order valence-electron chi connectivity index (χ1n) is 8.23. The highest BCUT2D eigenvalue weighted by Gasteiger charge is 2.21. The fourth-order valence-electron chi connectivity index (χ4n) is 3.16. The lowest BCUT2D eigenvalue weighted by molar-refractivity contribution is 1.28. The molecule has 4 rings (SSSR count). The van der Waals surface area contributed by atoms with Crippen molar-refractivity contribution in [1.82, 2.24) is 0 Å². The number of benzene rings is 4. The number of anilines is 4. The van der Waals surface area contributed by atoms with Crippen molar-refractivity contribution in [3.8, 4) is 0 Å². The summed E-state index contributed by atoms with van der Waals surface area (Å²) in [5.74, 6) is 0. The van der Waals surface area contributed by atoms with Gasteiger partial charge in [0.05, 0.1) is 22.7 Å². The number of halogens is 2. The zero-order chi connectivity index (χ0) is 18.1. The molecule has 128 valence electrons. The van der Waals surface area contributed by atoms with Crippen LogP contribution in [-0.2, 0) is 0 Å². The second-order valence-electron chi connectivity index (χ2n) is 5.96. The van der Waals surface area contributed by atoms with Crippen molar-refractivity contribution in [2.24, 2.45) is 0 Å². The van der Waals surface area contributed by atoms with Gasteiger partial charge in [0.15, 0.2) is 0 Å². The lowest BCUT2D eigenvalue weighted by atomic mass is 10.0. The third-order valence-electron chi connectivity index (χ3n) is 4.34. The number of nitrogens with two attached hydrogens (primary N) is 1. The zero-order valence-electron chi connectivity index (χ0n) is 13.9. The van der Waals surface area contributed by atoms with Crippen LogP contribution in [0.3, 0.4) is 0 Å². The van der Waals surface area contributed by atoms with E-state index in [2.05, 4.69) is 67.1 Å². The molecule has 4 heteroatoms. The Kier molecular flexibility index (Phi) is 4.70. The van der Waals surface area contributed by atoms with Crippen molar-refractivity contribution in [3.63, 3.8) is 0 Å². The van der Waals surface area contributed by atoms with Crippen LogP contribution in [0.25, 0.3) is 10.8 Å². The van der Waals surface area contributed by atoms with Gasteiger partial charge in [-0.2, -0.15) is 0 Å². The first kappa shape index (κ1) is 17.1. The molecule has 4 aromatic carbocycles. The highest BCUT2D eigenvalue weighted by molar-refractivity contribution is 9.11. The molecule has 0 radical (unpaired) electrons. The van der Waals surface area contributed by atoms with Gasteiger partial charge >= 0.3 is 0 Å². The summed E-state index contributed by atoms with van der Waals surface area (Å²) in [5.41, 5.74) is 10.3. The Morgan fingerprint density at radius 3 is 1.77 bits per heavy atom. The molecule has 0 saturated carbocycles. The fraction of sp³-hybridized carbons (Fsp3) is 0. The molecule has 0 aliphatic carbocycles. The van der Waals surface area contributed by atoms with E-state index in [0.29, 0.717) is 0 Å². The molecule has 0 aromatic heterocycles. The van der Waals surface area contributed by atoms with E-state index in [9.17, 15) is 0 Å². The molecule has 2 N–H and O–H groups in total. The summed E-state index contributed by atoms with van der Waals surface area (Å²) < 4.78 is 2.01. The zero-order valence-corrected chi connectivity index (χ0v) is 17.0. The molecule has 2 nitrogen and oxygen atoms in total. The molecule has 26 heavy (non-hydrogen) atoms. The first-order chi connectivity index (χ1) is 12.7. The average Bonchev–Trinajstić information content (AvgIpc) is 2.66. The average molecular weight is 468 g/mol. The van der Waals surface area contributed by atoms with Crippen molar-refractivity contribution >= 4 is 65.4 Å². The largest absolute Gasteiger partial charge is 0.397 e. The van der Waals surface area contributed by atoms with E-state index in [4.69, 9.17) is 5.73 Å². The van der Waals surface area contributed by atoms with E-state index in [1.165, 1.54) is 0 Å². The Hall–Kier alpha value is -2.30. The van der Waals surface area contributed by atoms with Crippen molar-refractivity contribution in [1.29, 1.82) is 0 Å². The minimum atomic E-state index is 0.732. The van der Waals surface area contributed by atoms with Crippen LogP contribution < -0.4 is 10.6 Å². The summed E-state index contributed by atoms with van der Waals surface area (Å²) >= 11 is 7.41. The third kappa shape index (κ3) is 3.00. The lowest BCUT2D eigenvalue weighted by Crippen LogP contribution is -2.13. The van der Waals surface area contributed by atoms with Gasteiger partial charge in [-0.3, -0.25) is 0 Å². The van der Waals surface area contributed by atoms with Gasteiger partial charge in [0.2, 0.25) is 0 Å². The Morgan fingerprint density at radius 2 is 1.15 bits per heavy atom. The van der Waals surface area contributed by atoms with Crippen LogP contribution in [0.4, 0.5) is 22.7 Å². The SMILES string of the molecule is Nc1ccc2ccccc2c1N(c1ccccc1Br)c1ccccc1Br. The van der Waals surface area contributed by atoms with E-state index < -0.39 is 0 Å². The molecular formula is C22H16Br2N2. The first-order valence-corrected chi connectivity index (χ1v) is 9.82.